The Kier molecular flexibility index (Phi) is 3.82. The molecule has 0 aliphatic heterocycles. The van der Waals surface area contributed by atoms with Crippen molar-refractivity contribution < 1.29 is 4.39 Å². The van der Waals surface area contributed by atoms with Gasteiger partial charge in [0.15, 0.2) is 0 Å². The number of halogens is 2. The van der Waals surface area contributed by atoms with Gasteiger partial charge in [0.2, 0.25) is 0 Å². The van der Waals surface area contributed by atoms with Gasteiger partial charge in [0.1, 0.15) is 5.82 Å². The first kappa shape index (κ1) is 12.2. The minimum absolute atomic E-state index is 0.338. The first-order valence-electron chi connectivity index (χ1n) is 4.81. The largest absolute Gasteiger partial charge is 0.207 e. The van der Waals surface area contributed by atoms with E-state index in [1.54, 1.807) is 6.07 Å². The molecule has 0 aliphatic carbocycles. The molecule has 0 unspecified atom stereocenters. The molecular weight excluding hydrogens is 301 g/mol. The third-order valence-electron chi connectivity index (χ3n) is 2.05. The zero-order valence-electron chi connectivity index (χ0n) is 8.65. The van der Waals surface area contributed by atoms with Gasteiger partial charge in [0.25, 0.3) is 0 Å². The molecule has 0 N–H and O–H groups in total. The van der Waals surface area contributed by atoms with Crippen LogP contribution in [-0.2, 0) is 0 Å². The second-order valence-corrected chi connectivity index (χ2v) is 5.41. The fraction of sp³-hybridized carbons (Fsp3) is 0. The molecule has 0 spiro atoms. The summed E-state index contributed by atoms with van der Waals surface area (Å²) in [5.41, 5.74) is 0.338. The molecule has 0 saturated heterocycles. The molecule has 0 bridgehead atoms. The van der Waals surface area contributed by atoms with Gasteiger partial charge >= 0.3 is 0 Å². The van der Waals surface area contributed by atoms with E-state index in [0.29, 0.717) is 5.56 Å². The van der Waals surface area contributed by atoms with Crippen molar-refractivity contribution in [2.24, 2.45) is 0 Å². The minimum atomic E-state index is -0.385. The maximum Gasteiger partial charge on any atom is 0.125 e. The summed E-state index contributed by atoms with van der Waals surface area (Å²) >= 11 is 4.78. The van der Waals surface area contributed by atoms with Gasteiger partial charge in [0, 0.05) is 14.3 Å². The zero-order valence-corrected chi connectivity index (χ0v) is 11.1. The van der Waals surface area contributed by atoms with Crippen molar-refractivity contribution in [2.75, 3.05) is 0 Å². The van der Waals surface area contributed by atoms with E-state index in [9.17, 15) is 4.39 Å². The molecule has 2 aromatic carbocycles. The topological polar surface area (TPSA) is 23.8 Å². The first-order valence-corrected chi connectivity index (χ1v) is 6.42. The number of hydrogen-bond donors (Lipinski definition) is 0. The average molecular weight is 308 g/mol. The Labute approximate surface area is 111 Å². The van der Waals surface area contributed by atoms with Crippen LogP contribution in [0.25, 0.3) is 0 Å². The highest BCUT2D eigenvalue weighted by Crippen LogP contribution is 2.29. The molecule has 4 heteroatoms. The number of nitriles is 1. The summed E-state index contributed by atoms with van der Waals surface area (Å²) in [5, 5.41) is 8.76. The first-order chi connectivity index (χ1) is 8.17. The number of benzene rings is 2. The highest BCUT2D eigenvalue weighted by atomic mass is 79.9. The Hall–Kier alpha value is -1.31. The van der Waals surface area contributed by atoms with Gasteiger partial charge in [-0.05, 0) is 42.5 Å². The van der Waals surface area contributed by atoms with Crippen LogP contribution in [0.15, 0.2) is 56.7 Å². The van der Waals surface area contributed by atoms with Crippen molar-refractivity contribution in [1.29, 1.82) is 5.26 Å². The van der Waals surface area contributed by atoms with Crippen LogP contribution in [0.1, 0.15) is 5.56 Å². The number of rotatable bonds is 2. The molecule has 84 valence electrons. The van der Waals surface area contributed by atoms with Crippen molar-refractivity contribution >= 4 is 27.7 Å². The predicted molar refractivity (Wildman–Crippen MR) is 69.4 cm³/mol. The summed E-state index contributed by atoms with van der Waals surface area (Å²) in [5.74, 6) is -0.385. The molecule has 2 aromatic rings. The standard InChI is InChI=1S/C13H7BrFNS/c14-10-1-3-12(4-2-10)17-13-6-9(8-16)5-11(15)7-13/h1-7H. The monoisotopic (exact) mass is 307 g/mol. The second-order valence-electron chi connectivity index (χ2n) is 3.34. The van der Waals surface area contributed by atoms with Crippen LogP contribution in [0.5, 0.6) is 0 Å². The van der Waals surface area contributed by atoms with E-state index in [1.165, 1.54) is 23.9 Å². The van der Waals surface area contributed by atoms with Crippen molar-refractivity contribution in [2.45, 2.75) is 9.79 Å². The van der Waals surface area contributed by atoms with Gasteiger partial charge in [-0.2, -0.15) is 5.26 Å². The van der Waals surface area contributed by atoms with Gasteiger partial charge in [-0.15, -0.1) is 0 Å². The van der Waals surface area contributed by atoms with Crippen LogP contribution in [0, 0.1) is 17.1 Å². The highest BCUT2D eigenvalue weighted by molar-refractivity contribution is 9.10. The summed E-state index contributed by atoms with van der Waals surface area (Å²) in [4.78, 5) is 1.73. The fourth-order valence-corrected chi connectivity index (χ4v) is 2.49. The SMILES string of the molecule is N#Cc1cc(F)cc(Sc2ccc(Br)cc2)c1. The molecular formula is C13H7BrFNS. The Balaban J connectivity index is 2.27. The Morgan fingerprint density at radius 1 is 1.06 bits per heavy atom. The number of hydrogen-bond acceptors (Lipinski definition) is 2. The van der Waals surface area contributed by atoms with Crippen LogP contribution in [0.3, 0.4) is 0 Å². The maximum absolute atomic E-state index is 13.2. The normalized spacial score (nSPS) is 9.94. The lowest BCUT2D eigenvalue weighted by Gasteiger charge is -2.02. The number of nitrogens with zero attached hydrogens (tertiary/aromatic N) is 1. The zero-order chi connectivity index (χ0) is 12.3. The van der Waals surface area contributed by atoms with Crippen LogP contribution in [-0.4, -0.2) is 0 Å². The molecule has 0 radical (unpaired) electrons. The lowest BCUT2D eigenvalue weighted by atomic mass is 10.2. The molecule has 0 saturated carbocycles. The average Bonchev–Trinajstić information content (AvgIpc) is 2.31. The molecule has 0 amide bonds. The quantitative estimate of drug-likeness (QED) is 0.809. The van der Waals surface area contributed by atoms with Crippen molar-refractivity contribution in [3.05, 3.63) is 58.3 Å². The van der Waals surface area contributed by atoms with Gasteiger partial charge in [-0.3, -0.25) is 0 Å². The molecule has 2 rings (SSSR count). The van der Waals surface area contributed by atoms with E-state index < -0.39 is 0 Å². The lowest BCUT2D eigenvalue weighted by molar-refractivity contribution is 0.623. The van der Waals surface area contributed by atoms with Crippen LogP contribution in [0.4, 0.5) is 4.39 Å². The molecule has 0 atom stereocenters. The van der Waals surface area contributed by atoms with E-state index in [0.717, 1.165) is 14.3 Å². The van der Waals surface area contributed by atoms with E-state index in [-0.39, 0.29) is 5.82 Å². The third kappa shape index (κ3) is 3.32. The minimum Gasteiger partial charge on any atom is -0.207 e. The van der Waals surface area contributed by atoms with Gasteiger partial charge in [0.05, 0.1) is 11.6 Å². The highest BCUT2D eigenvalue weighted by Gasteiger charge is 2.02. The van der Waals surface area contributed by atoms with E-state index in [1.807, 2.05) is 30.3 Å². The molecule has 0 heterocycles. The van der Waals surface area contributed by atoms with Gasteiger partial charge < -0.3 is 0 Å². The molecule has 0 fully saturated rings. The van der Waals surface area contributed by atoms with Crippen molar-refractivity contribution in [3.8, 4) is 6.07 Å². The van der Waals surface area contributed by atoms with Crippen LogP contribution >= 0.6 is 27.7 Å². The molecule has 0 aromatic heterocycles. The summed E-state index contributed by atoms with van der Waals surface area (Å²) in [6.07, 6.45) is 0. The van der Waals surface area contributed by atoms with E-state index >= 15 is 0 Å². The molecule has 1 nitrogen and oxygen atoms in total. The summed E-state index contributed by atoms with van der Waals surface area (Å²) in [6.45, 7) is 0. The smallest absolute Gasteiger partial charge is 0.125 e. The second kappa shape index (κ2) is 5.35. The Morgan fingerprint density at radius 3 is 2.41 bits per heavy atom. The lowest BCUT2D eigenvalue weighted by Crippen LogP contribution is -1.81. The fourth-order valence-electron chi connectivity index (χ4n) is 1.32. The third-order valence-corrected chi connectivity index (χ3v) is 3.56. The maximum atomic E-state index is 13.2. The van der Waals surface area contributed by atoms with Gasteiger partial charge in [-0.1, -0.05) is 27.7 Å². The van der Waals surface area contributed by atoms with E-state index in [4.69, 9.17) is 5.26 Å². The van der Waals surface area contributed by atoms with Crippen molar-refractivity contribution in [3.63, 3.8) is 0 Å². The Morgan fingerprint density at radius 2 is 1.76 bits per heavy atom. The van der Waals surface area contributed by atoms with Gasteiger partial charge in [-0.25, -0.2) is 4.39 Å². The molecule has 17 heavy (non-hydrogen) atoms. The molecule has 0 aliphatic rings. The van der Waals surface area contributed by atoms with Crippen LogP contribution < -0.4 is 0 Å². The summed E-state index contributed by atoms with van der Waals surface area (Å²) in [6, 6.07) is 14.0. The van der Waals surface area contributed by atoms with Crippen molar-refractivity contribution in [1.82, 2.24) is 0 Å². The van der Waals surface area contributed by atoms with E-state index in [2.05, 4.69) is 15.9 Å². The van der Waals surface area contributed by atoms with Crippen LogP contribution in [0.2, 0.25) is 0 Å². The summed E-state index contributed by atoms with van der Waals surface area (Å²) in [7, 11) is 0. The predicted octanol–water partition coefficient (Wildman–Crippen LogP) is 4.61. The summed E-state index contributed by atoms with van der Waals surface area (Å²) < 4.78 is 14.2. The Bertz CT molecular complexity index is 575.